The van der Waals surface area contributed by atoms with Crippen molar-refractivity contribution in [2.75, 3.05) is 0 Å². The number of hydrogen-bond donors (Lipinski definition) is 2. The van der Waals surface area contributed by atoms with Crippen LogP contribution >= 0.6 is 0 Å². The van der Waals surface area contributed by atoms with Crippen molar-refractivity contribution >= 4 is 16.9 Å². The van der Waals surface area contributed by atoms with Gasteiger partial charge in [0.25, 0.3) is 5.92 Å². The summed E-state index contributed by atoms with van der Waals surface area (Å²) in [4.78, 5) is 19.1. The monoisotopic (exact) mass is 419 g/mol. The molecule has 2 aromatic rings. The van der Waals surface area contributed by atoms with Crippen LogP contribution in [-0.2, 0) is 22.5 Å². The van der Waals surface area contributed by atoms with E-state index in [1.54, 1.807) is 25.1 Å². The zero-order valence-electron chi connectivity index (χ0n) is 15.9. The summed E-state index contributed by atoms with van der Waals surface area (Å²) in [6.45, 7) is 2.68. The second kappa shape index (κ2) is 7.89. The van der Waals surface area contributed by atoms with Crippen molar-refractivity contribution in [1.82, 2.24) is 15.3 Å². The van der Waals surface area contributed by atoms with Gasteiger partial charge in [-0.05, 0) is 31.5 Å². The summed E-state index contributed by atoms with van der Waals surface area (Å²) in [6, 6.07) is 5.21. The van der Waals surface area contributed by atoms with Crippen molar-refractivity contribution in [3.8, 4) is 0 Å². The fourth-order valence-corrected chi connectivity index (χ4v) is 3.05. The Labute approximate surface area is 164 Å². The van der Waals surface area contributed by atoms with Crippen LogP contribution in [0.25, 0.3) is 11.0 Å². The maximum atomic E-state index is 12.9. The number of amides is 1. The van der Waals surface area contributed by atoms with Gasteiger partial charge >= 0.3 is 6.18 Å². The third-order valence-corrected chi connectivity index (χ3v) is 4.85. The number of carbonyl (C=O) groups is 1. The molecule has 3 atom stereocenters. The number of nitrogens with one attached hydrogen (secondary N) is 2. The number of benzene rings is 1. The summed E-state index contributed by atoms with van der Waals surface area (Å²) >= 11 is 0. The average Bonchev–Trinajstić information content (AvgIpc) is 3.00. The van der Waals surface area contributed by atoms with E-state index in [0.717, 1.165) is 12.5 Å². The van der Waals surface area contributed by atoms with E-state index >= 15 is 0 Å². The molecule has 0 spiro atoms. The number of hydrogen-bond acceptors (Lipinski definition) is 3. The zero-order valence-corrected chi connectivity index (χ0v) is 15.9. The van der Waals surface area contributed by atoms with Crippen LogP contribution in [-0.4, -0.2) is 40.2 Å². The summed E-state index contributed by atoms with van der Waals surface area (Å²) in [6.07, 6.45) is -7.24. The van der Waals surface area contributed by atoms with Crippen LogP contribution in [0.3, 0.4) is 0 Å². The highest BCUT2D eigenvalue weighted by Gasteiger charge is 2.57. The number of nitrogens with zero attached hydrogens (tertiary/aromatic N) is 1. The summed E-state index contributed by atoms with van der Waals surface area (Å²) in [5, 5.41) is 2.61. The van der Waals surface area contributed by atoms with Crippen molar-refractivity contribution in [2.24, 2.45) is 5.92 Å². The first kappa shape index (κ1) is 21.5. The van der Waals surface area contributed by atoms with Crippen molar-refractivity contribution in [3.05, 3.63) is 29.6 Å². The number of fused-ring (bicyclic) bond motifs is 1. The first-order chi connectivity index (χ1) is 13.4. The Bertz CT molecular complexity index is 880. The standard InChI is InChI=1S/C19H22F5N3O2/c1-10(29-11(2)19(22,23)24)5-16-26-14-4-3-12(6-15(14)27-16)9-25-17(28)7-13-8-18(13,20)21/h3-4,6,10-11,13H,5,7-9H2,1-2H3,(H,25,28)(H,26,27)/t10-,11?,13?/m1/s1. The van der Waals surface area contributed by atoms with Gasteiger partial charge in [-0.2, -0.15) is 13.2 Å². The first-order valence-corrected chi connectivity index (χ1v) is 9.28. The van der Waals surface area contributed by atoms with Gasteiger partial charge in [0, 0.05) is 31.7 Å². The molecule has 0 saturated heterocycles. The Balaban J connectivity index is 1.54. The minimum absolute atomic E-state index is 0.177. The lowest BCUT2D eigenvalue weighted by atomic mass is 10.2. The molecule has 5 nitrogen and oxygen atoms in total. The van der Waals surface area contributed by atoms with E-state index in [2.05, 4.69) is 15.3 Å². The maximum absolute atomic E-state index is 12.9. The molecular weight excluding hydrogens is 397 g/mol. The Morgan fingerprint density at radius 2 is 2.07 bits per heavy atom. The lowest BCUT2D eigenvalue weighted by Gasteiger charge is -2.20. The molecule has 1 aromatic carbocycles. The molecule has 2 unspecified atom stereocenters. The summed E-state index contributed by atoms with van der Waals surface area (Å²) in [5.41, 5.74) is 2.04. The molecule has 3 rings (SSSR count). The van der Waals surface area contributed by atoms with Gasteiger partial charge in [-0.1, -0.05) is 6.07 Å². The highest BCUT2D eigenvalue weighted by atomic mass is 19.4. The molecule has 10 heteroatoms. The molecule has 1 aliphatic rings. The highest BCUT2D eigenvalue weighted by Crippen LogP contribution is 2.50. The third kappa shape index (κ3) is 5.65. The largest absolute Gasteiger partial charge is 0.414 e. The SMILES string of the molecule is CC(O[C@H](C)Cc1nc2ccc(CNC(=O)CC3CC3(F)F)cc2[nH]1)C(F)(F)F. The molecule has 1 amide bonds. The summed E-state index contributed by atoms with van der Waals surface area (Å²) in [7, 11) is 0. The Hall–Kier alpha value is -2.23. The Kier molecular flexibility index (Phi) is 5.84. The van der Waals surface area contributed by atoms with Gasteiger partial charge in [0.15, 0.2) is 6.10 Å². The van der Waals surface area contributed by atoms with Crippen LogP contribution in [0.15, 0.2) is 18.2 Å². The second-order valence-electron chi connectivity index (χ2n) is 7.51. The zero-order chi connectivity index (χ0) is 21.4. The van der Waals surface area contributed by atoms with Gasteiger partial charge < -0.3 is 15.0 Å². The molecule has 29 heavy (non-hydrogen) atoms. The van der Waals surface area contributed by atoms with Crippen molar-refractivity contribution in [1.29, 1.82) is 0 Å². The number of carbonyl (C=O) groups excluding carboxylic acids is 1. The predicted molar refractivity (Wildman–Crippen MR) is 95.4 cm³/mol. The van der Waals surface area contributed by atoms with Gasteiger partial charge in [-0.15, -0.1) is 0 Å². The number of H-pyrrole nitrogens is 1. The van der Waals surface area contributed by atoms with Crippen LogP contribution in [0.4, 0.5) is 22.0 Å². The van der Waals surface area contributed by atoms with E-state index in [1.807, 2.05) is 0 Å². The molecule has 0 radical (unpaired) electrons. The lowest BCUT2D eigenvalue weighted by Crippen LogP contribution is -2.32. The Morgan fingerprint density at radius 3 is 2.69 bits per heavy atom. The van der Waals surface area contributed by atoms with E-state index < -0.39 is 36.1 Å². The first-order valence-electron chi connectivity index (χ1n) is 9.28. The molecule has 1 aromatic heterocycles. The minimum Gasteiger partial charge on any atom is -0.366 e. The van der Waals surface area contributed by atoms with Gasteiger partial charge in [0.1, 0.15) is 5.82 Å². The van der Waals surface area contributed by atoms with Crippen LogP contribution in [0.1, 0.15) is 38.1 Å². The van der Waals surface area contributed by atoms with Crippen molar-refractivity contribution in [2.45, 2.75) is 64.0 Å². The molecule has 1 heterocycles. The molecule has 2 N–H and O–H groups in total. The number of aromatic amines is 1. The van der Waals surface area contributed by atoms with E-state index in [-0.39, 0.29) is 25.8 Å². The van der Waals surface area contributed by atoms with Crippen LogP contribution in [0, 0.1) is 5.92 Å². The highest BCUT2D eigenvalue weighted by molar-refractivity contribution is 5.78. The van der Waals surface area contributed by atoms with E-state index in [1.165, 1.54) is 0 Å². The molecule has 0 bridgehead atoms. The van der Waals surface area contributed by atoms with E-state index in [9.17, 15) is 26.7 Å². The normalized spacial score (nSPS) is 20.4. The molecule has 1 saturated carbocycles. The molecule has 1 fully saturated rings. The number of ether oxygens (including phenoxy) is 1. The minimum atomic E-state index is -4.42. The maximum Gasteiger partial charge on any atom is 0.414 e. The van der Waals surface area contributed by atoms with E-state index in [0.29, 0.717) is 16.9 Å². The number of rotatable bonds is 8. The smallest absolute Gasteiger partial charge is 0.366 e. The van der Waals surface area contributed by atoms with Crippen LogP contribution in [0.2, 0.25) is 0 Å². The number of alkyl halides is 5. The lowest BCUT2D eigenvalue weighted by molar-refractivity contribution is -0.224. The van der Waals surface area contributed by atoms with Gasteiger partial charge in [0.05, 0.1) is 17.1 Å². The number of imidazole rings is 1. The van der Waals surface area contributed by atoms with E-state index in [4.69, 9.17) is 4.74 Å². The van der Waals surface area contributed by atoms with Crippen molar-refractivity contribution < 1.29 is 31.5 Å². The fraction of sp³-hybridized carbons (Fsp3) is 0.579. The van der Waals surface area contributed by atoms with Gasteiger partial charge in [-0.3, -0.25) is 4.79 Å². The van der Waals surface area contributed by atoms with Crippen LogP contribution < -0.4 is 5.32 Å². The second-order valence-corrected chi connectivity index (χ2v) is 7.51. The summed E-state index contributed by atoms with van der Waals surface area (Å²) < 4.78 is 68.4. The van der Waals surface area contributed by atoms with Crippen molar-refractivity contribution in [3.63, 3.8) is 0 Å². The molecule has 0 aliphatic heterocycles. The van der Waals surface area contributed by atoms with Gasteiger partial charge in [0.2, 0.25) is 5.91 Å². The predicted octanol–water partition coefficient (Wildman–Crippen LogP) is 4.12. The number of halogens is 5. The average molecular weight is 419 g/mol. The fourth-order valence-electron chi connectivity index (χ4n) is 3.05. The third-order valence-electron chi connectivity index (χ3n) is 4.85. The summed E-state index contributed by atoms with van der Waals surface area (Å²) in [5.74, 6) is -3.54. The topological polar surface area (TPSA) is 67.0 Å². The Morgan fingerprint density at radius 1 is 1.38 bits per heavy atom. The molecule has 1 aliphatic carbocycles. The van der Waals surface area contributed by atoms with Gasteiger partial charge in [-0.25, -0.2) is 13.8 Å². The van der Waals surface area contributed by atoms with Crippen LogP contribution in [0.5, 0.6) is 0 Å². The number of aromatic nitrogens is 2. The quantitative estimate of drug-likeness (QED) is 0.633. The molecule has 160 valence electrons. The molecular formula is C19H22F5N3O2.